The Kier molecular flexibility index (Phi) is 6.49. The Hall–Kier alpha value is -2.40. The molecule has 10 heteroatoms. The van der Waals surface area contributed by atoms with Gasteiger partial charge in [0.05, 0.1) is 11.7 Å². The molecule has 0 aliphatic heterocycles. The second-order valence-electron chi connectivity index (χ2n) is 9.41. The number of rotatable bonds is 6. The van der Waals surface area contributed by atoms with Crippen LogP contribution in [0.4, 0.5) is 26.3 Å². The summed E-state index contributed by atoms with van der Waals surface area (Å²) in [5.41, 5.74) is -2.47. The summed E-state index contributed by atoms with van der Waals surface area (Å²) in [5, 5.41) is 1.96. The van der Waals surface area contributed by atoms with Crippen LogP contribution in [0.15, 0.2) is 36.4 Å². The lowest BCUT2D eigenvalue weighted by molar-refractivity contribution is -0.254. The lowest BCUT2D eigenvalue weighted by Crippen LogP contribution is -2.49. The largest absolute Gasteiger partial charge is 0.380 e. The van der Waals surface area contributed by atoms with Gasteiger partial charge in [-0.15, -0.1) is 22.7 Å². The lowest BCUT2D eigenvalue weighted by atomic mass is 9.92. The van der Waals surface area contributed by atoms with Gasteiger partial charge in [-0.3, -0.25) is 0 Å². The van der Waals surface area contributed by atoms with Crippen LogP contribution in [0.1, 0.15) is 44.3 Å². The molecule has 1 aliphatic carbocycles. The number of alkyl halides is 6. The minimum atomic E-state index is -5.63. The van der Waals surface area contributed by atoms with Gasteiger partial charge in [0.1, 0.15) is 6.79 Å². The Bertz CT molecular complexity index is 1600. The number of fused-ring (bicyclic) bond motifs is 3. The minimum Gasteiger partial charge on any atom is -0.359 e. The second kappa shape index (κ2) is 9.08. The second-order valence-corrected chi connectivity index (χ2v) is 11.9. The first-order chi connectivity index (χ1) is 17.8. The number of ether oxygens (including phenoxy) is 2. The van der Waals surface area contributed by atoms with E-state index in [0.717, 1.165) is 28.1 Å². The highest BCUT2D eigenvalue weighted by molar-refractivity contribution is 7.20. The number of benzene rings is 2. The normalized spacial score (nSPS) is 19.1. The zero-order chi connectivity index (χ0) is 27.8. The van der Waals surface area contributed by atoms with Crippen molar-refractivity contribution in [1.82, 2.24) is 0 Å². The van der Waals surface area contributed by atoms with E-state index in [2.05, 4.69) is 0 Å². The molecule has 0 N–H and O–H groups in total. The highest BCUT2D eigenvalue weighted by atomic mass is 32.1. The van der Waals surface area contributed by atoms with Crippen molar-refractivity contribution < 1.29 is 35.8 Å². The molecule has 1 unspecified atom stereocenters. The van der Waals surface area contributed by atoms with Gasteiger partial charge in [-0.05, 0) is 50.1 Å². The third-order valence-corrected chi connectivity index (χ3v) is 9.48. The quantitative estimate of drug-likeness (QED) is 0.170. The average Bonchev–Trinajstić information content (AvgIpc) is 3.39. The SMILES string of the molecule is COCOC(C)c1c(C2=C(c3c(C)sc(C)c3C)C(F)(F)C(F)(F)C2(F)F)sc2ccc3ccccc3c12. The van der Waals surface area contributed by atoms with E-state index in [1.54, 1.807) is 38.1 Å². The topological polar surface area (TPSA) is 18.5 Å². The zero-order valence-corrected chi connectivity index (χ0v) is 22.8. The number of allylic oxidation sites excluding steroid dienone is 2. The maximum absolute atomic E-state index is 15.8. The predicted octanol–water partition coefficient (Wildman–Crippen LogP) is 9.55. The van der Waals surface area contributed by atoms with E-state index >= 15 is 26.3 Å². The molecule has 38 heavy (non-hydrogen) atoms. The number of hydrogen-bond acceptors (Lipinski definition) is 4. The molecule has 202 valence electrons. The van der Waals surface area contributed by atoms with Gasteiger partial charge < -0.3 is 9.47 Å². The van der Waals surface area contributed by atoms with E-state index in [1.807, 2.05) is 12.1 Å². The van der Waals surface area contributed by atoms with Gasteiger partial charge in [-0.25, -0.2) is 0 Å². The van der Waals surface area contributed by atoms with E-state index < -0.39 is 35.0 Å². The highest BCUT2D eigenvalue weighted by Crippen LogP contribution is 2.67. The maximum Gasteiger partial charge on any atom is 0.380 e. The van der Waals surface area contributed by atoms with Crippen LogP contribution in [-0.2, 0) is 9.47 Å². The van der Waals surface area contributed by atoms with Crippen molar-refractivity contribution in [2.24, 2.45) is 0 Å². The standard InChI is InChI=1S/C28H24F6O2S2/c1-13-15(3)37-16(4)20(13)23-24(27(31,32)28(33,34)26(23,29)30)25-21(14(2)36-12-35-5)22-18-9-7-6-8-17(18)10-11-19(22)38-25/h6-11,14H,12H2,1-5H3. The summed E-state index contributed by atoms with van der Waals surface area (Å²) >= 11 is 1.91. The summed E-state index contributed by atoms with van der Waals surface area (Å²) in [5.74, 6) is -15.9. The van der Waals surface area contributed by atoms with Crippen molar-refractivity contribution in [3.05, 3.63) is 67.7 Å². The Labute approximate surface area is 223 Å². The molecule has 2 nitrogen and oxygen atoms in total. The molecular formula is C28H24F6O2S2. The summed E-state index contributed by atoms with van der Waals surface area (Å²) in [7, 11) is 1.38. The Morgan fingerprint density at radius 1 is 0.842 bits per heavy atom. The van der Waals surface area contributed by atoms with Crippen molar-refractivity contribution in [3.63, 3.8) is 0 Å². The molecule has 1 atom stereocenters. The van der Waals surface area contributed by atoms with Crippen LogP contribution < -0.4 is 0 Å². The van der Waals surface area contributed by atoms with Gasteiger partial charge in [-0.1, -0.05) is 30.3 Å². The van der Waals surface area contributed by atoms with Crippen LogP contribution in [0.3, 0.4) is 0 Å². The highest BCUT2D eigenvalue weighted by Gasteiger charge is 2.80. The van der Waals surface area contributed by atoms with Crippen molar-refractivity contribution in [2.75, 3.05) is 13.9 Å². The number of aryl methyl sites for hydroxylation is 2. The van der Waals surface area contributed by atoms with Crippen LogP contribution in [0.25, 0.3) is 32.0 Å². The third-order valence-electron chi connectivity index (χ3n) is 7.16. The van der Waals surface area contributed by atoms with E-state index in [-0.39, 0.29) is 33.2 Å². The lowest BCUT2D eigenvalue weighted by Gasteiger charge is -2.26. The smallest absolute Gasteiger partial charge is 0.359 e. The molecule has 2 aromatic carbocycles. The van der Waals surface area contributed by atoms with Crippen molar-refractivity contribution >= 4 is 54.7 Å². The zero-order valence-electron chi connectivity index (χ0n) is 21.1. The molecule has 2 aromatic heterocycles. The summed E-state index contributed by atoms with van der Waals surface area (Å²) in [4.78, 5) is 0.537. The number of halogens is 6. The molecule has 0 fully saturated rings. The predicted molar refractivity (Wildman–Crippen MR) is 141 cm³/mol. The van der Waals surface area contributed by atoms with Crippen molar-refractivity contribution in [1.29, 1.82) is 0 Å². The molecule has 1 aliphatic rings. The van der Waals surface area contributed by atoms with Gasteiger partial charge in [0.15, 0.2) is 0 Å². The van der Waals surface area contributed by atoms with Gasteiger partial charge in [-0.2, -0.15) is 26.3 Å². The van der Waals surface area contributed by atoms with Crippen LogP contribution in [0.2, 0.25) is 0 Å². The molecule has 2 heterocycles. The maximum atomic E-state index is 15.8. The fourth-order valence-corrected chi connectivity index (χ4v) is 7.70. The first-order valence-corrected chi connectivity index (χ1v) is 13.4. The molecular weight excluding hydrogens is 546 g/mol. The Balaban J connectivity index is 1.97. The molecule has 0 saturated heterocycles. The average molecular weight is 571 g/mol. The Morgan fingerprint density at radius 2 is 1.50 bits per heavy atom. The summed E-state index contributed by atoms with van der Waals surface area (Å²) in [6.45, 7) is 5.99. The monoisotopic (exact) mass is 570 g/mol. The van der Waals surface area contributed by atoms with Crippen molar-refractivity contribution in [3.8, 4) is 0 Å². The van der Waals surface area contributed by atoms with Gasteiger partial charge in [0, 0.05) is 48.5 Å². The van der Waals surface area contributed by atoms with E-state index in [1.165, 1.54) is 21.0 Å². The van der Waals surface area contributed by atoms with Gasteiger partial charge in [0.2, 0.25) is 0 Å². The van der Waals surface area contributed by atoms with Crippen LogP contribution in [0.5, 0.6) is 0 Å². The first kappa shape index (κ1) is 27.2. The fourth-order valence-electron chi connectivity index (χ4n) is 5.24. The van der Waals surface area contributed by atoms with Crippen LogP contribution >= 0.6 is 22.7 Å². The summed E-state index contributed by atoms with van der Waals surface area (Å²) in [6.07, 6.45) is -0.927. The van der Waals surface area contributed by atoms with Gasteiger partial charge in [0.25, 0.3) is 0 Å². The number of methoxy groups -OCH3 is 1. The number of thiophene rings is 2. The minimum absolute atomic E-state index is 0.154. The molecule has 0 radical (unpaired) electrons. The summed E-state index contributed by atoms with van der Waals surface area (Å²) < 4.78 is 104. The molecule has 4 aromatic rings. The fraction of sp³-hybridized carbons (Fsp3) is 0.357. The molecule has 0 bridgehead atoms. The molecule has 5 rings (SSSR count). The van der Waals surface area contributed by atoms with E-state index in [0.29, 0.717) is 20.3 Å². The Morgan fingerprint density at radius 3 is 2.13 bits per heavy atom. The van der Waals surface area contributed by atoms with E-state index in [4.69, 9.17) is 9.47 Å². The molecule has 0 saturated carbocycles. The van der Waals surface area contributed by atoms with E-state index in [9.17, 15) is 0 Å². The number of hydrogen-bond donors (Lipinski definition) is 0. The van der Waals surface area contributed by atoms with Crippen LogP contribution in [0, 0.1) is 20.8 Å². The first-order valence-electron chi connectivity index (χ1n) is 11.8. The van der Waals surface area contributed by atoms with Crippen LogP contribution in [-0.4, -0.2) is 31.7 Å². The summed E-state index contributed by atoms with van der Waals surface area (Å²) in [6, 6.07) is 10.7. The molecule has 0 amide bonds. The van der Waals surface area contributed by atoms with Gasteiger partial charge >= 0.3 is 17.8 Å². The van der Waals surface area contributed by atoms with Crippen molar-refractivity contribution in [2.45, 2.75) is 51.6 Å². The third kappa shape index (κ3) is 3.60. The molecule has 0 spiro atoms.